The normalized spacial score (nSPS) is 14.4. The third-order valence-corrected chi connectivity index (χ3v) is 5.24. The summed E-state index contributed by atoms with van der Waals surface area (Å²) < 4.78 is 27.7. The molecule has 1 aromatic rings. The highest BCUT2D eigenvalue weighted by molar-refractivity contribution is 7.89. The third-order valence-electron chi connectivity index (χ3n) is 3.27. The first kappa shape index (κ1) is 15.0. The number of nitrogens with zero attached hydrogens (tertiary/aromatic N) is 3. The van der Waals surface area contributed by atoms with Crippen molar-refractivity contribution in [1.29, 1.82) is 0 Å². The highest BCUT2D eigenvalue weighted by atomic mass is 32.2. The van der Waals surface area contributed by atoms with E-state index in [1.54, 1.807) is 7.05 Å². The molecule has 0 aliphatic rings. The van der Waals surface area contributed by atoms with Crippen LogP contribution in [0.5, 0.6) is 0 Å². The van der Waals surface area contributed by atoms with E-state index in [2.05, 4.69) is 5.10 Å². The number of rotatable bonds is 5. The summed E-state index contributed by atoms with van der Waals surface area (Å²) in [6.45, 7) is 8.31. The van der Waals surface area contributed by atoms with Gasteiger partial charge in [0, 0.05) is 25.8 Å². The summed E-state index contributed by atoms with van der Waals surface area (Å²) in [6.07, 6.45) is 1.48. The number of hydrogen-bond acceptors (Lipinski definition) is 4. The van der Waals surface area contributed by atoms with Gasteiger partial charge < -0.3 is 5.73 Å². The Hall–Kier alpha value is -1.08. The Morgan fingerprint density at radius 1 is 1.44 bits per heavy atom. The van der Waals surface area contributed by atoms with Crippen LogP contribution in [0.4, 0.5) is 5.82 Å². The van der Waals surface area contributed by atoms with E-state index in [-0.39, 0.29) is 22.7 Å². The maximum absolute atomic E-state index is 12.4. The van der Waals surface area contributed by atoms with Gasteiger partial charge in [-0.25, -0.2) is 8.42 Å². The first-order valence-corrected chi connectivity index (χ1v) is 7.46. The van der Waals surface area contributed by atoms with Crippen LogP contribution >= 0.6 is 0 Å². The van der Waals surface area contributed by atoms with Crippen LogP contribution in [0.3, 0.4) is 0 Å². The van der Waals surface area contributed by atoms with Crippen LogP contribution in [0.2, 0.25) is 0 Å². The molecular formula is C11H22N4O2S. The Bertz CT molecular complexity index is 507. The lowest BCUT2D eigenvalue weighted by Crippen LogP contribution is -2.38. The topological polar surface area (TPSA) is 81.2 Å². The van der Waals surface area contributed by atoms with E-state index in [9.17, 15) is 8.42 Å². The van der Waals surface area contributed by atoms with Crippen LogP contribution < -0.4 is 5.73 Å². The molecular weight excluding hydrogens is 252 g/mol. The van der Waals surface area contributed by atoms with Gasteiger partial charge in [0.2, 0.25) is 10.0 Å². The molecule has 0 bridgehead atoms. The average Bonchev–Trinajstić information content (AvgIpc) is 2.69. The van der Waals surface area contributed by atoms with Crippen molar-refractivity contribution in [2.45, 2.75) is 45.2 Å². The van der Waals surface area contributed by atoms with E-state index in [1.807, 2.05) is 27.7 Å². The molecule has 0 saturated carbocycles. The molecule has 0 fully saturated rings. The fourth-order valence-corrected chi connectivity index (χ4v) is 3.12. The summed E-state index contributed by atoms with van der Waals surface area (Å²) in [7, 11) is -2.01. The molecule has 0 aliphatic carbocycles. The molecule has 0 spiro atoms. The maximum atomic E-state index is 12.4. The molecule has 1 atom stereocenters. The molecule has 0 saturated heterocycles. The number of aromatic nitrogens is 2. The molecule has 0 aliphatic heterocycles. The van der Waals surface area contributed by atoms with Gasteiger partial charge in [-0.2, -0.15) is 9.40 Å². The average molecular weight is 274 g/mol. The molecule has 104 valence electrons. The summed E-state index contributed by atoms with van der Waals surface area (Å²) >= 11 is 0. The summed E-state index contributed by atoms with van der Waals surface area (Å²) in [6, 6.07) is -0.0978. The van der Waals surface area contributed by atoms with Crippen molar-refractivity contribution in [2.75, 3.05) is 12.8 Å². The predicted octanol–water partition coefficient (Wildman–Crippen LogP) is 1.15. The fraction of sp³-hybridized carbons (Fsp3) is 0.727. The minimum atomic E-state index is -3.58. The largest absolute Gasteiger partial charge is 0.381 e. The number of anilines is 1. The van der Waals surface area contributed by atoms with Crippen LogP contribution in [0, 0.1) is 5.92 Å². The lowest BCUT2D eigenvalue weighted by molar-refractivity contribution is 0.316. The van der Waals surface area contributed by atoms with Gasteiger partial charge in [0.05, 0.1) is 0 Å². The molecule has 0 radical (unpaired) electrons. The molecule has 0 amide bonds. The summed E-state index contributed by atoms with van der Waals surface area (Å²) in [5.41, 5.74) is 5.68. The van der Waals surface area contributed by atoms with Crippen molar-refractivity contribution in [3.05, 3.63) is 6.20 Å². The van der Waals surface area contributed by atoms with E-state index in [0.717, 1.165) is 0 Å². The van der Waals surface area contributed by atoms with Crippen molar-refractivity contribution < 1.29 is 8.42 Å². The first-order valence-electron chi connectivity index (χ1n) is 6.02. The molecule has 2 N–H and O–H groups in total. The fourth-order valence-electron chi connectivity index (χ4n) is 1.57. The predicted molar refractivity (Wildman–Crippen MR) is 71.6 cm³/mol. The number of nitrogens with two attached hydrogens (primary N) is 1. The molecule has 7 heteroatoms. The van der Waals surface area contributed by atoms with E-state index < -0.39 is 10.0 Å². The molecule has 1 rings (SSSR count). The second-order valence-electron chi connectivity index (χ2n) is 4.74. The number of hydrogen-bond donors (Lipinski definition) is 1. The second kappa shape index (κ2) is 5.27. The third kappa shape index (κ3) is 2.67. The Balaban J connectivity index is 3.17. The van der Waals surface area contributed by atoms with Gasteiger partial charge in [0.1, 0.15) is 4.90 Å². The Labute approximate surface area is 109 Å². The minimum absolute atomic E-state index is 0.0552. The van der Waals surface area contributed by atoms with Crippen LogP contribution in [-0.4, -0.2) is 35.6 Å². The van der Waals surface area contributed by atoms with Crippen molar-refractivity contribution in [2.24, 2.45) is 5.92 Å². The van der Waals surface area contributed by atoms with Crippen LogP contribution in [0.25, 0.3) is 0 Å². The van der Waals surface area contributed by atoms with Gasteiger partial charge in [-0.15, -0.1) is 0 Å². The van der Waals surface area contributed by atoms with E-state index in [0.29, 0.717) is 6.54 Å². The highest BCUT2D eigenvalue weighted by Crippen LogP contribution is 2.23. The van der Waals surface area contributed by atoms with Gasteiger partial charge in [0.15, 0.2) is 5.82 Å². The number of aryl methyl sites for hydroxylation is 1. The van der Waals surface area contributed by atoms with Crippen LogP contribution in [-0.2, 0) is 16.6 Å². The molecule has 6 nitrogen and oxygen atoms in total. The quantitative estimate of drug-likeness (QED) is 0.873. The summed E-state index contributed by atoms with van der Waals surface area (Å²) in [5.74, 6) is 0.284. The Morgan fingerprint density at radius 2 is 2.00 bits per heavy atom. The molecule has 0 aromatic carbocycles. The Morgan fingerprint density at radius 3 is 2.39 bits per heavy atom. The monoisotopic (exact) mass is 274 g/mol. The first-order chi connectivity index (χ1) is 8.21. The van der Waals surface area contributed by atoms with Crippen molar-refractivity contribution in [3.63, 3.8) is 0 Å². The molecule has 1 heterocycles. The molecule has 1 aromatic heterocycles. The van der Waals surface area contributed by atoms with Gasteiger partial charge in [-0.05, 0) is 19.8 Å². The summed E-state index contributed by atoms with van der Waals surface area (Å²) in [4.78, 5) is 0.0827. The van der Waals surface area contributed by atoms with Crippen LogP contribution in [0.15, 0.2) is 11.1 Å². The zero-order valence-electron chi connectivity index (χ0n) is 11.6. The highest BCUT2D eigenvalue weighted by Gasteiger charge is 2.30. The minimum Gasteiger partial charge on any atom is -0.381 e. The van der Waals surface area contributed by atoms with Crippen molar-refractivity contribution >= 4 is 15.8 Å². The van der Waals surface area contributed by atoms with Gasteiger partial charge in [-0.3, -0.25) is 4.68 Å². The SMILES string of the molecule is CCn1cc(S(=O)(=O)N(C)C(C)C(C)C)c(N)n1. The number of nitrogen functional groups attached to an aromatic ring is 1. The summed E-state index contributed by atoms with van der Waals surface area (Å²) in [5, 5.41) is 3.97. The Kier molecular flexibility index (Phi) is 4.39. The van der Waals surface area contributed by atoms with Crippen LogP contribution in [0.1, 0.15) is 27.7 Å². The second-order valence-corrected chi connectivity index (χ2v) is 6.71. The van der Waals surface area contributed by atoms with Gasteiger partial charge >= 0.3 is 0 Å². The standard InChI is InChI=1S/C11H22N4O2S/c1-6-15-7-10(11(12)13-15)18(16,17)14(5)9(4)8(2)3/h7-9H,6H2,1-5H3,(H2,12,13). The van der Waals surface area contributed by atoms with E-state index >= 15 is 0 Å². The lowest BCUT2D eigenvalue weighted by atomic mass is 10.1. The number of sulfonamides is 1. The zero-order valence-corrected chi connectivity index (χ0v) is 12.4. The lowest BCUT2D eigenvalue weighted by Gasteiger charge is -2.26. The van der Waals surface area contributed by atoms with Crippen molar-refractivity contribution in [1.82, 2.24) is 14.1 Å². The maximum Gasteiger partial charge on any atom is 0.248 e. The zero-order chi connectivity index (χ0) is 14.1. The molecule has 18 heavy (non-hydrogen) atoms. The van der Waals surface area contributed by atoms with Gasteiger partial charge in [0.25, 0.3) is 0 Å². The molecule has 1 unspecified atom stereocenters. The smallest absolute Gasteiger partial charge is 0.248 e. The van der Waals surface area contributed by atoms with E-state index in [1.165, 1.54) is 15.2 Å². The van der Waals surface area contributed by atoms with Crippen molar-refractivity contribution in [3.8, 4) is 0 Å². The van der Waals surface area contributed by atoms with Gasteiger partial charge in [-0.1, -0.05) is 13.8 Å². The van der Waals surface area contributed by atoms with E-state index in [4.69, 9.17) is 5.73 Å².